The van der Waals surface area contributed by atoms with Crippen molar-refractivity contribution in [3.8, 4) is 5.75 Å². The average molecular weight is 308 g/mol. The fraction of sp³-hybridized carbons (Fsp3) is 0.214. The summed E-state index contributed by atoms with van der Waals surface area (Å²) < 4.78 is 6.01. The number of aryl methyl sites for hydroxylation is 1. The molecule has 0 spiro atoms. The topological polar surface area (TPSA) is 42.4 Å². The Morgan fingerprint density at radius 2 is 2.06 bits per heavy atom. The summed E-state index contributed by atoms with van der Waals surface area (Å²) in [5.74, 6) is 0.788. The molecular formula is C14H14BrNO2. The second-order valence-corrected chi connectivity index (χ2v) is 4.98. The van der Waals surface area contributed by atoms with E-state index in [-0.39, 0.29) is 0 Å². The van der Waals surface area contributed by atoms with Crippen LogP contribution >= 0.6 is 15.9 Å². The lowest BCUT2D eigenvalue weighted by atomic mass is 9.98. The molecule has 1 N–H and O–H groups in total. The molecular weight excluding hydrogens is 294 g/mol. The highest BCUT2D eigenvalue weighted by Crippen LogP contribution is 2.28. The minimum atomic E-state index is -0.680. The maximum atomic E-state index is 10.4. The van der Waals surface area contributed by atoms with Crippen molar-refractivity contribution < 1.29 is 9.84 Å². The van der Waals surface area contributed by atoms with E-state index >= 15 is 0 Å². The Morgan fingerprint density at radius 3 is 2.67 bits per heavy atom. The molecule has 3 nitrogen and oxygen atoms in total. The second-order valence-electron chi connectivity index (χ2n) is 4.06. The summed E-state index contributed by atoms with van der Waals surface area (Å²) in [6, 6.07) is 7.49. The van der Waals surface area contributed by atoms with E-state index in [1.54, 1.807) is 19.5 Å². The van der Waals surface area contributed by atoms with Crippen LogP contribution in [0.25, 0.3) is 0 Å². The predicted octanol–water partition coefficient (Wildman–Crippen LogP) is 3.24. The zero-order chi connectivity index (χ0) is 13.1. The number of pyridine rings is 1. The molecule has 0 saturated heterocycles. The first kappa shape index (κ1) is 13.1. The number of aromatic nitrogens is 1. The lowest BCUT2D eigenvalue weighted by molar-refractivity contribution is 0.219. The summed E-state index contributed by atoms with van der Waals surface area (Å²) in [5, 5.41) is 10.4. The van der Waals surface area contributed by atoms with Gasteiger partial charge in [0.1, 0.15) is 11.9 Å². The second kappa shape index (κ2) is 5.50. The van der Waals surface area contributed by atoms with Crippen LogP contribution in [0.5, 0.6) is 5.75 Å². The van der Waals surface area contributed by atoms with Gasteiger partial charge in [-0.25, -0.2) is 0 Å². The van der Waals surface area contributed by atoms with Crippen molar-refractivity contribution in [2.45, 2.75) is 13.0 Å². The molecule has 94 valence electrons. The van der Waals surface area contributed by atoms with E-state index < -0.39 is 6.10 Å². The van der Waals surface area contributed by atoms with Crippen LogP contribution in [0.2, 0.25) is 0 Å². The molecule has 0 aliphatic rings. The van der Waals surface area contributed by atoms with Crippen molar-refractivity contribution in [3.63, 3.8) is 0 Å². The van der Waals surface area contributed by atoms with Gasteiger partial charge in [-0.15, -0.1) is 0 Å². The number of benzene rings is 1. The molecule has 0 bridgehead atoms. The number of hydrogen-bond donors (Lipinski definition) is 1. The van der Waals surface area contributed by atoms with E-state index in [9.17, 15) is 5.11 Å². The molecule has 0 aliphatic heterocycles. The van der Waals surface area contributed by atoms with Gasteiger partial charge in [0.05, 0.1) is 7.11 Å². The maximum absolute atomic E-state index is 10.4. The number of rotatable bonds is 3. The van der Waals surface area contributed by atoms with Crippen LogP contribution < -0.4 is 4.74 Å². The molecule has 0 radical (unpaired) electrons. The van der Waals surface area contributed by atoms with E-state index in [1.807, 2.05) is 31.2 Å². The monoisotopic (exact) mass is 307 g/mol. The van der Waals surface area contributed by atoms with Crippen molar-refractivity contribution in [3.05, 3.63) is 57.8 Å². The zero-order valence-corrected chi connectivity index (χ0v) is 11.8. The van der Waals surface area contributed by atoms with Gasteiger partial charge in [-0.1, -0.05) is 6.07 Å². The van der Waals surface area contributed by atoms with Gasteiger partial charge in [-0.2, -0.15) is 0 Å². The molecule has 2 aromatic rings. The Bertz CT molecular complexity index is 557. The third-order valence-corrected chi connectivity index (χ3v) is 3.25. The molecule has 1 heterocycles. The molecule has 1 aromatic carbocycles. The summed E-state index contributed by atoms with van der Waals surface area (Å²) in [4.78, 5) is 4.06. The van der Waals surface area contributed by atoms with Crippen LogP contribution in [-0.2, 0) is 0 Å². The number of hydrogen-bond acceptors (Lipinski definition) is 3. The van der Waals surface area contributed by atoms with E-state index in [0.717, 1.165) is 26.9 Å². The van der Waals surface area contributed by atoms with Crippen molar-refractivity contribution in [2.75, 3.05) is 7.11 Å². The molecule has 18 heavy (non-hydrogen) atoms. The lowest BCUT2D eigenvalue weighted by Gasteiger charge is -2.15. The minimum absolute atomic E-state index is 0.680. The van der Waals surface area contributed by atoms with Crippen LogP contribution in [-0.4, -0.2) is 17.2 Å². The van der Waals surface area contributed by atoms with Crippen LogP contribution in [0.3, 0.4) is 0 Å². The van der Waals surface area contributed by atoms with Crippen LogP contribution in [0.15, 0.2) is 41.1 Å². The first-order chi connectivity index (χ1) is 8.61. The van der Waals surface area contributed by atoms with E-state index in [2.05, 4.69) is 20.9 Å². The number of nitrogens with zero attached hydrogens (tertiary/aromatic N) is 1. The highest BCUT2D eigenvalue weighted by molar-refractivity contribution is 9.10. The summed E-state index contributed by atoms with van der Waals surface area (Å²) in [5.41, 5.74) is 2.61. The Kier molecular flexibility index (Phi) is 3.99. The summed E-state index contributed by atoms with van der Waals surface area (Å²) in [6.45, 7) is 1.95. The zero-order valence-electron chi connectivity index (χ0n) is 10.2. The highest BCUT2D eigenvalue weighted by atomic mass is 79.9. The Hall–Kier alpha value is -1.39. The third kappa shape index (κ3) is 2.71. The average Bonchev–Trinajstić information content (AvgIpc) is 2.37. The van der Waals surface area contributed by atoms with Crippen molar-refractivity contribution >= 4 is 15.9 Å². The molecule has 4 heteroatoms. The number of aliphatic hydroxyl groups excluding tert-OH is 1. The SMILES string of the molecule is COc1ccc(C(O)c2cncc(Br)c2)c(C)c1. The molecule has 1 aromatic heterocycles. The molecule has 0 amide bonds. The van der Waals surface area contributed by atoms with Crippen LogP contribution in [0.4, 0.5) is 0 Å². The van der Waals surface area contributed by atoms with Gasteiger partial charge < -0.3 is 9.84 Å². The summed E-state index contributed by atoms with van der Waals surface area (Å²) >= 11 is 3.35. The van der Waals surface area contributed by atoms with Gasteiger partial charge in [-0.05, 0) is 52.2 Å². The standard InChI is InChI=1S/C14H14BrNO2/c1-9-5-12(18-2)3-4-13(9)14(17)10-6-11(15)8-16-7-10/h3-8,14,17H,1-2H3. The Balaban J connectivity index is 2.37. The van der Waals surface area contributed by atoms with E-state index in [1.165, 1.54) is 0 Å². The number of ether oxygens (including phenoxy) is 1. The smallest absolute Gasteiger partial charge is 0.119 e. The number of halogens is 1. The van der Waals surface area contributed by atoms with Gasteiger partial charge in [0.2, 0.25) is 0 Å². The fourth-order valence-corrected chi connectivity index (χ4v) is 2.22. The predicted molar refractivity (Wildman–Crippen MR) is 73.7 cm³/mol. The first-order valence-corrected chi connectivity index (χ1v) is 6.34. The molecule has 2 rings (SSSR count). The van der Waals surface area contributed by atoms with Gasteiger partial charge in [0, 0.05) is 22.4 Å². The molecule has 0 aliphatic carbocycles. The summed E-state index contributed by atoms with van der Waals surface area (Å²) in [7, 11) is 1.63. The van der Waals surface area contributed by atoms with Gasteiger partial charge in [-0.3, -0.25) is 4.98 Å². The largest absolute Gasteiger partial charge is 0.497 e. The van der Waals surface area contributed by atoms with Crippen molar-refractivity contribution in [1.29, 1.82) is 0 Å². The van der Waals surface area contributed by atoms with E-state index in [0.29, 0.717) is 0 Å². The lowest BCUT2D eigenvalue weighted by Crippen LogP contribution is -2.02. The number of methoxy groups -OCH3 is 1. The van der Waals surface area contributed by atoms with Gasteiger partial charge in [0.25, 0.3) is 0 Å². The molecule has 0 saturated carbocycles. The maximum Gasteiger partial charge on any atom is 0.119 e. The fourth-order valence-electron chi connectivity index (χ4n) is 1.84. The molecule has 0 fully saturated rings. The quantitative estimate of drug-likeness (QED) is 0.946. The molecule has 1 unspecified atom stereocenters. The van der Waals surface area contributed by atoms with Crippen molar-refractivity contribution in [2.24, 2.45) is 0 Å². The van der Waals surface area contributed by atoms with E-state index in [4.69, 9.17) is 4.74 Å². The third-order valence-electron chi connectivity index (χ3n) is 2.81. The Morgan fingerprint density at radius 1 is 1.28 bits per heavy atom. The Labute approximate surface area is 115 Å². The van der Waals surface area contributed by atoms with Crippen molar-refractivity contribution in [1.82, 2.24) is 4.98 Å². The summed E-state index contributed by atoms with van der Waals surface area (Å²) in [6.07, 6.45) is 2.68. The normalized spacial score (nSPS) is 12.2. The molecule has 1 atom stereocenters. The number of aliphatic hydroxyl groups is 1. The highest BCUT2D eigenvalue weighted by Gasteiger charge is 2.14. The van der Waals surface area contributed by atoms with Gasteiger partial charge in [0.15, 0.2) is 0 Å². The van der Waals surface area contributed by atoms with Gasteiger partial charge >= 0.3 is 0 Å². The van der Waals surface area contributed by atoms with Crippen LogP contribution in [0.1, 0.15) is 22.8 Å². The minimum Gasteiger partial charge on any atom is -0.497 e. The van der Waals surface area contributed by atoms with Crippen LogP contribution in [0, 0.1) is 6.92 Å². The first-order valence-electron chi connectivity index (χ1n) is 5.55.